The van der Waals surface area contributed by atoms with Crippen LogP contribution >= 0.6 is 11.8 Å². The lowest BCUT2D eigenvalue weighted by Crippen LogP contribution is -2.66. The van der Waals surface area contributed by atoms with E-state index < -0.39 is 22.8 Å². The van der Waals surface area contributed by atoms with Crippen LogP contribution in [0, 0.1) is 50.2 Å². The van der Waals surface area contributed by atoms with E-state index in [1.54, 1.807) is 0 Å². The number of aliphatic carboxylic acids is 1. The number of carboxylic acid groups (broad SMARTS) is 1. The first kappa shape index (κ1) is 80.0. The molecule has 9 atom stereocenters. The van der Waals surface area contributed by atoms with Gasteiger partial charge < -0.3 is 15.2 Å². The van der Waals surface area contributed by atoms with Crippen molar-refractivity contribution in [3.05, 3.63) is 140 Å². The highest BCUT2D eigenvalue weighted by Crippen LogP contribution is 2.75. The van der Waals surface area contributed by atoms with Gasteiger partial charge in [-0.1, -0.05) is 171 Å². The maximum atomic E-state index is 15.0. The first-order chi connectivity index (χ1) is 44.3. The van der Waals surface area contributed by atoms with Crippen molar-refractivity contribution in [3.63, 3.8) is 0 Å². The molecule has 0 aromatic carbocycles. The van der Waals surface area contributed by atoms with Crippen LogP contribution in [-0.2, 0) is 23.9 Å². The molecule has 4 fully saturated rings. The molecule has 524 valence electrons. The predicted molar refractivity (Wildman–Crippen MR) is 403 cm³/mol. The third kappa shape index (κ3) is 23.2. The number of hydrogen-bond donors (Lipinski definition) is 2. The molecule has 4 saturated carbocycles. The minimum absolute atomic E-state index is 0.0497. The van der Waals surface area contributed by atoms with Crippen LogP contribution in [0.25, 0.3) is 0 Å². The van der Waals surface area contributed by atoms with Gasteiger partial charge >= 0.3 is 11.9 Å². The van der Waals surface area contributed by atoms with Crippen LogP contribution in [0.3, 0.4) is 0 Å². The molecule has 5 aliphatic rings. The number of nitrogens with one attached hydrogen (secondary N) is 1. The number of carbonyl (C=O) groups is 4. The minimum Gasteiger partial charge on any atom is -0.478 e. The Morgan fingerprint density at radius 3 is 1.37 bits per heavy atom. The zero-order valence-electron chi connectivity index (χ0n) is 62.9. The lowest BCUT2D eigenvalue weighted by atomic mass is 9.33. The molecule has 7 nitrogen and oxygen atoms in total. The van der Waals surface area contributed by atoms with Crippen LogP contribution in [0.5, 0.6) is 0 Å². The molecule has 5 rings (SSSR count). The molecule has 8 heteroatoms. The Morgan fingerprint density at radius 2 is 0.947 bits per heavy atom. The molecule has 0 aromatic rings. The van der Waals surface area contributed by atoms with E-state index in [4.69, 9.17) is 9.84 Å². The van der Waals surface area contributed by atoms with Gasteiger partial charge in [0.1, 0.15) is 6.10 Å². The third-order valence-electron chi connectivity index (χ3n) is 24.1. The second-order valence-corrected chi connectivity index (χ2v) is 33.8. The molecule has 0 aliphatic heterocycles. The van der Waals surface area contributed by atoms with Crippen LogP contribution in [0.2, 0.25) is 0 Å². The SMILES string of the molecule is CC(C)=CCC/C(C)=C/CC/C(C)=C/CC/C(C)=C/CC/C(C)=C/CC/C(C)=C/CC/C(C)=C/CC/C(C)=C/CC/C(C)=C/CC/C(C)=C/CSCCNC(=O)[C@]1(C)CC[C@]2(C)CC[C@]3(C)C(=CC(=O)C4[C@@]5(C)CC[C@H](OC(=O)/C=C/C(=O)O)C(C)(C)C5CC[C@]43C)[C@H]2C1. The standard InChI is InChI=1S/C86H133NO6S/c1-62(2)28-19-29-63(3)30-20-31-64(4)32-21-33-65(5)34-22-35-66(6)36-23-37-67(7)38-24-39-68(8)40-25-41-69(9)42-26-43-70(10)44-27-45-71(11)50-58-94-59-57-87-80(92)83(15)54-53-82(14)55-56-85(17)72(73(82)61-83)60-74(88)79-84(16)51-49-76(93-78(91)47-46-77(89)90)81(12,13)75(84)48-52-86(79,85)18/h28,30,32,34,36,38,40,42,44,46-47,50,60,73,75-76,79H,19-27,29,31,33,35,37,39,41,43,45,48-49,51-59,61H2,1-18H3,(H,87,92)(H,89,90)/b47-46+,63-30+,64-32+,65-34+,66-36+,67-38+,68-40+,69-42+,70-44+,71-50+/t73-,75?,76+,79?,82-,83-,84+,85-,86-/m1/s1. The third-order valence-corrected chi connectivity index (χ3v) is 25.0. The zero-order chi connectivity index (χ0) is 69.5. The highest BCUT2D eigenvalue weighted by Gasteiger charge is 2.70. The fourth-order valence-corrected chi connectivity index (χ4v) is 18.3. The monoisotopic (exact) mass is 1310 g/mol. The number of esters is 1. The van der Waals surface area contributed by atoms with Crippen LogP contribution < -0.4 is 5.32 Å². The summed E-state index contributed by atoms with van der Waals surface area (Å²) in [6, 6.07) is 0. The van der Waals surface area contributed by atoms with E-state index in [2.05, 4.69) is 197 Å². The number of carbonyl (C=O) groups excluding carboxylic acids is 3. The average Bonchev–Trinajstić information content (AvgIpc) is 0.675. The molecular weight excluding hydrogens is 1180 g/mol. The van der Waals surface area contributed by atoms with Gasteiger partial charge in [0.2, 0.25) is 5.91 Å². The van der Waals surface area contributed by atoms with Gasteiger partial charge in [-0.15, -0.1) is 0 Å². The summed E-state index contributed by atoms with van der Waals surface area (Å²) in [5, 5.41) is 12.5. The first-order valence-electron chi connectivity index (χ1n) is 37.1. The number of ketones is 1. The minimum atomic E-state index is -1.18. The van der Waals surface area contributed by atoms with Gasteiger partial charge in [0.15, 0.2) is 5.78 Å². The number of thioether (sulfide) groups is 1. The Morgan fingerprint density at radius 1 is 0.532 bits per heavy atom. The summed E-state index contributed by atoms with van der Waals surface area (Å²) < 4.78 is 5.95. The number of ether oxygens (including phenoxy) is 1. The fourth-order valence-electron chi connectivity index (χ4n) is 17.5. The number of rotatable bonds is 36. The topological polar surface area (TPSA) is 110 Å². The van der Waals surface area contributed by atoms with Gasteiger partial charge in [0, 0.05) is 47.0 Å². The molecule has 2 unspecified atom stereocenters. The number of fused-ring (bicyclic) bond motifs is 7. The summed E-state index contributed by atoms with van der Waals surface area (Å²) in [6.45, 7) is 41.8. The predicted octanol–water partition coefficient (Wildman–Crippen LogP) is 23.9. The van der Waals surface area contributed by atoms with Crippen molar-refractivity contribution >= 4 is 35.4 Å². The number of carboxylic acids is 1. The van der Waals surface area contributed by atoms with E-state index in [1.165, 1.54) is 74.1 Å². The van der Waals surface area contributed by atoms with E-state index in [-0.39, 0.29) is 57.2 Å². The molecule has 0 radical (unpaired) electrons. The zero-order valence-corrected chi connectivity index (χ0v) is 63.7. The van der Waals surface area contributed by atoms with Crippen molar-refractivity contribution in [1.82, 2.24) is 5.32 Å². The van der Waals surface area contributed by atoms with Gasteiger partial charge in [-0.3, -0.25) is 9.59 Å². The van der Waals surface area contributed by atoms with E-state index in [0.29, 0.717) is 13.0 Å². The van der Waals surface area contributed by atoms with E-state index in [1.807, 2.05) is 11.8 Å². The summed E-state index contributed by atoms with van der Waals surface area (Å²) in [5.74, 6) is 0.576. The van der Waals surface area contributed by atoms with Crippen molar-refractivity contribution < 1.29 is 29.0 Å². The highest BCUT2D eigenvalue weighted by molar-refractivity contribution is 7.99. The van der Waals surface area contributed by atoms with E-state index in [9.17, 15) is 14.4 Å². The second-order valence-electron chi connectivity index (χ2n) is 32.6. The Hall–Kier alpha value is -4.69. The number of amides is 1. The Balaban J connectivity index is 0.939. The quantitative estimate of drug-likeness (QED) is 0.0278. The average molecular weight is 1310 g/mol. The maximum absolute atomic E-state index is 15.0. The number of allylic oxidation sites excluding steroid dienone is 21. The summed E-state index contributed by atoms with van der Waals surface area (Å²) in [7, 11) is 0. The summed E-state index contributed by atoms with van der Waals surface area (Å²) in [4.78, 5) is 53.1. The molecule has 1 amide bonds. The van der Waals surface area contributed by atoms with Crippen LogP contribution in [-0.4, -0.2) is 52.9 Å². The fraction of sp³-hybridized carbons (Fsp3) is 0.674. The van der Waals surface area contributed by atoms with Gasteiger partial charge in [0.05, 0.1) is 0 Å². The van der Waals surface area contributed by atoms with Crippen molar-refractivity contribution in [2.75, 3.05) is 18.1 Å². The molecule has 0 heterocycles. The Kier molecular flexibility index (Phi) is 31.8. The molecule has 0 bridgehead atoms. The molecule has 5 aliphatic carbocycles. The Labute approximate surface area is 579 Å². The van der Waals surface area contributed by atoms with Crippen molar-refractivity contribution in [2.45, 2.75) is 304 Å². The van der Waals surface area contributed by atoms with Crippen molar-refractivity contribution in [2.24, 2.45) is 50.2 Å². The maximum Gasteiger partial charge on any atom is 0.331 e. The molecule has 94 heavy (non-hydrogen) atoms. The Bertz CT molecular complexity index is 2980. The van der Waals surface area contributed by atoms with Gasteiger partial charge in [-0.25, -0.2) is 9.59 Å². The van der Waals surface area contributed by atoms with Gasteiger partial charge in [-0.2, -0.15) is 11.8 Å². The van der Waals surface area contributed by atoms with Gasteiger partial charge in [-0.05, 0) is 289 Å². The number of hydrogen-bond acceptors (Lipinski definition) is 6. The summed E-state index contributed by atoms with van der Waals surface area (Å²) in [6.07, 6.45) is 56.3. The molecule has 0 aromatic heterocycles. The summed E-state index contributed by atoms with van der Waals surface area (Å²) >= 11 is 1.88. The molecule has 0 saturated heterocycles. The highest BCUT2D eigenvalue weighted by atomic mass is 32.2. The van der Waals surface area contributed by atoms with Crippen LogP contribution in [0.15, 0.2) is 140 Å². The normalized spacial score (nSPS) is 28.9. The molecule has 2 N–H and O–H groups in total. The molecular formula is C86H133NO6S. The van der Waals surface area contributed by atoms with E-state index >= 15 is 4.79 Å². The molecule has 0 spiro atoms. The van der Waals surface area contributed by atoms with Crippen LogP contribution in [0.4, 0.5) is 0 Å². The lowest BCUT2D eigenvalue weighted by molar-refractivity contribution is -0.209. The smallest absolute Gasteiger partial charge is 0.331 e. The lowest BCUT2D eigenvalue weighted by Gasteiger charge is -2.70. The van der Waals surface area contributed by atoms with Crippen molar-refractivity contribution in [1.29, 1.82) is 0 Å². The second kappa shape index (κ2) is 37.3. The first-order valence-corrected chi connectivity index (χ1v) is 38.2. The van der Waals surface area contributed by atoms with Crippen molar-refractivity contribution in [3.8, 4) is 0 Å². The van der Waals surface area contributed by atoms with E-state index in [0.717, 1.165) is 178 Å². The largest absolute Gasteiger partial charge is 0.478 e. The van der Waals surface area contributed by atoms with Gasteiger partial charge in [0.25, 0.3) is 0 Å². The summed E-state index contributed by atoms with van der Waals surface area (Å²) in [5.41, 5.74) is 14.7. The van der Waals surface area contributed by atoms with Crippen LogP contribution in [0.1, 0.15) is 298 Å².